The summed E-state index contributed by atoms with van der Waals surface area (Å²) in [4.78, 5) is 26.9. The molecule has 1 heterocycles. The number of amides is 1. The molecule has 0 aliphatic carbocycles. The van der Waals surface area contributed by atoms with Crippen molar-refractivity contribution in [2.24, 2.45) is 7.05 Å². The molecule has 0 unspecified atom stereocenters. The van der Waals surface area contributed by atoms with Crippen molar-refractivity contribution in [3.05, 3.63) is 34.0 Å². The van der Waals surface area contributed by atoms with Gasteiger partial charge in [0.15, 0.2) is 5.82 Å². The molecule has 0 atom stereocenters. The fourth-order valence-electron chi connectivity index (χ4n) is 1.02. The van der Waals surface area contributed by atoms with E-state index in [0.717, 1.165) is 10.6 Å². The van der Waals surface area contributed by atoms with E-state index in [9.17, 15) is 14.0 Å². The molecule has 88 valence electrons. The second-order valence-corrected chi connectivity index (χ2v) is 3.00. The van der Waals surface area contributed by atoms with Gasteiger partial charge in [-0.2, -0.15) is 0 Å². The van der Waals surface area contributed by atoms with Crippen LogP contribution in [0.3, 0.4) is 0 Å². The molecule has 0 radical (unpaired) electrons. The highest BCUT2D eigenvalue weighted by molar-refractivity contribution is 5.93. The molecule has 0 saturated heterocycles. The number of halogens is 1. The first kappa shape index (κ1) is 12.3. The number of nitrogens with one attached hydrogen (secondary N) is 1. The molecule has 0 saturated carbocycles. The number of hydroxylamine groups is 1. The van der Waals surface area contributed by atoms with E-state index in [4.69, 9.17) is 5.11 Å². The standard InChI is InChI=1S/C9H11FN2O4/c1-12-5-6(4-7(10)9(12)15)8(14)11-16-3-2-13/h4-5,13H,2-3H2,1H3,(H,11,14). The minimum absolute atomic E-state index is 0.0439. The van der Waals surface area contributed by atoms with Crippen LogP contribution in [0, 0.1) is 5.82 Å². The van der Waals surface area contributed by atoms with Crippen LogP contribution in [-0.4, -0.2) is 28.8 Å². The number of carbonyl (C=O) groups excluding carboxylic acids is 1. The number of nitrogens with zero attached hydrogens (tertiary/aromatic N) is 1. The van der Waals surface area contributed by atoms with E-state index in [0.29, 0.717) is 0 Å². The molecule has 0 aliphatic heterocycles. The molecule has 0 aliphatic rings. The van der Waals surface area contributed by atoms with Crippen molar-refractivity contribution >= 4 is 5.91 Å². The van der Waals surface area contributed by atoms with Crippen molar-refractivity contribution < 1.29 is 19.1 Å². The van der Waals surface area contributed by atoms with Crippen LogP contribution in [0.1, 0.15) is 10.4 Å². The number of aromatic nitrogens is 1. The third kappa shape index (κ3) is 2.88. The van der Waals surface area contributed by atoms with Gasteiger partial charge in [-0.05, 0) is 6.07 Å². The molecule has 0 bridgehead atoms. The van der Waals surface area contributed by atoms with Gasteiger partial charge in [-0.25, -0.2) is 9.87 Å². The molecular formula is C9H11FN2O4. The minimum Gasteiger partial charge on any atom is -0.394 e. The van der Waals surface area contributed by atoms with Crippen LogP contribution in [0.15, 0.2) is 17.1 Å². The number of aryl methyl sites for hydroxylation is 1. The van der Waals surface area contributed by atoms with Gasteiger partial charge in [-0.1, -0.05) is 0 Å². The SMILES string of the molecule is Cn1cc(C(=O)NOCCO)cc(F)c1=O. The van der Waals surface area contributed by atoms with Gasteiger partial charge in [0.25, 0.3) is 11.5 Å². The van der Waals surface area contributed by atoms with Gasteiger partial charge in [-0.15, -0.1) is 0 Å². The summed E-state index contributed by atoms with van der Waals surface area (Å²) in [5.74, 6) is -1.71. The van der Waals surface area contributed by atoms with Crippen molar-refractivity contribution in [3.8, 4) is 0 Å². The van der Waals surface area contributed by atoms with Gasteiger partial charge in [0, 0.05) is 13.2 Å². The number of hydrogen-bond donors (Lipinski definition) is 2. The summed E-state index contributed by atoms with van der Waals surface area (Å²) in [7, 11) is 1.33. The number of hydrogen-bond acceptors (Lipinski definition) is 4. The summed E-state index contributed by atoms with van der Waals surface area (Å²) in [6, 6.07) is 0.819. The minimum atomic E-state index is -1.02. The van der Waals surface area contributed by atoms with E-state index in [2.05, 4.69) is 4.84 Å². The lowest BCUT2D eigenvalue weighted by atomic mass is 10.2. The average molecular weight is 230 g/mol. The molecule has 6 nitrogen and oxygen atoms in total. The first-order chi connectivity index (χ1) is 7.56. The Morgan fingerprint density at radius 1 is 1.69 bits per heavy atom. The Labute approximate surface area is 90.2 Å². The summed E-state index contributed by atoms with van der Waals surface area (Å²) in [5, 5.41) is 8.39. The lowest BCUT2D eigenvalue weighted by Crippen LogP contribution is -2.28. The Bertz CT molecular complexity index is 417. The largest absolute Gasteiger partial charge is 0.394 e. The van der Waals surface area contributed by atoms with Crippen LogP contribution in [0.4, 0.5) is 4.39 Å². The molecule has 1 amide bonds. The highest BCUT2D eigenvalue weighted by Crippen LogP contribution is 1.98. The van der Waals surface area contributed by atoms with Gasteiger partial charge in [0.05, 0.1) is 18.8 Å². The van der Waals surface area contributed by atoms with Crippen molar-refractivity contribution in [2.45, 2.75) is 0 Å². The van der Waals surface area contributed by atoms with Crippen LogP contribution in [0.5, 0.6) is 0 Å². The quantitative estimate of drug-likeness (QED) is 0.523. The summed E-state index contributed by atoms with van der Waals surface area (Å²) < 4.78 is 13.9. The van der Waals surface area contributed by atoms with Gasteiger partial charge < -0.3 is 9.67 Å². The van der Waals surface area contributed by atoms with Crippen molar-refractivity contribution in [3.63, 3.8) is 0 Å². The maximum absolute atomic E-state index is 13.0. The second kappa shape index (κ2) is 5.38. The Morgan fingerprint density at radius 2 is 2.38 bits per heavy atom. The Morgan fingerprint density at radius 3 is 2.94 bits per heavy atom. The fourth-order valence-corrected chi connectivity index (χ4v) is 1.02. The van der Waals surface area contributed by atoms with Gasteiger partial charge in [0.2, 0.25) is 0 Å². The van der Waals surface area contributed by atoms with Gasteiger partial charge in [0.1, 0.15) is 0 Å². The molecule has 0 fully saturated rings. The Balaban J connectivity index is 2.80. The smallest absolute Gasteiger partial charge is 0.286 e. The van der Waals surface area contributed by atoms with E-state index in [1.54, 1.807) is 0 Å². The number of carbonyl (C=O) groups is 1. The van der Waals surface area contributed by atoms with Crippen LogP contribution >= 0.6 is 0 Å². The highest BCUT2D eigenvalue weighted by atomic mass is 19.1. The molecule has 0 spiro atoms. The monoisotopic (exact) mass is 230 g/mol. The molecule has 0 aromatic carbocycles. The highest BCUT2D eigenvalue weighted by Gasteiger charge is 2.10. The van der Waals surface area contributed by atoms with Crippen LogP contribution < -0.4 is 11.0 Å². The first-order valence-corrected chi connectivity index (χ1v) is 4.45. The maximum Gasteiger partial charge on any atom is 0.286 e. The first-order valence-electron chi connectivity index (χ1n) is 4.45. The predicted octanol–water partition coefficient (Wildman–Crippen LogP) is -0.822. The van der Waals surface area contributed by atoms with E-state index >= 15 is 0 Å². The number of rotatable bonds is 4. The van der Waals surface area contributed by atoms with E-state index in [-0.39, 0.29) is 18.8 Å². The molecule has 1 aromatic rings. The molecule has 1 aromatic heterocycles. The Hall–Kier alpha value is -1.73. The van der Waals surface area contributed by atoms with Crippen molar-refractivity contribution in [1.82, 2.24) is 10.0 Å². The third-order valence-corrected chi connectivity index (χ3v) is 1.76. The topological polar surface area (TPSA) is 80.6 Å². The molecule has 16 heavy (non-hydrogen) atoms. The molecule has 7 heteroatoms. The summed E-state index contributed by atoms with van der Waals surface area (Å²) in [6.45, 7) is -0.318. The zero-order chi connectivity index (χ0) is 12.1. The van der Waals surface area contributed by atoms with Gasteiger partial charge >= 0.3 is 0 Å². The Kier molecular flexibility index (Phi) is 4.15. The lowest BCUT2D eigenvalue weighted by molar-refractivity contribution is 0.0167. The van der Waals surface area contributed by atoms with Crippen LogP contribution in [0.25, 0.3) is 0 Å². The average Bonchev–Trinajstić information content (AvgIpc) is 2.25. The number of aliphatic hydroxyl groups is 1. The third-order valence-electron chi connectivity index (χ3n) is 1.76. The van der Waals surface area contributed by atoms with E-state index < -0.39 is 17.3 Å². The van der Waals surface area contributed by atoms with E-state index in [1.165, 1.54) is 13.2 Å². The summed E-state index contributed by atoms with van der Waals surface area (Å²) in [5.41, 5.74) is 1.14. The lowest BCUT2D eigenvalue weighted by Gasteiger charge is -2.05. The fraction of sp³-hybridized carbons (Fsp3) is 0.333. The maximum atomic E-state index is 13.0. The summed E-state index contributed by atoms with van der Waals surface area (Å²) >= 11 is 0. The zero-order valence-electron chi connectivity index (χ0n) is 8.57. The van der Waals surface area contributed by atoms with Crippen LogP contribution in [0.2, 0.25) is 0 Å². The molecule has 1 rings (SSSR count). The zero-order valence-corrected chi connectivity index (χ0v) is 8.57. The summed E-state index contributed by atoms with van der Waals surface area (Å²) in [6.07, 6.45) is 1.18. The van der Waals surface area contributed by atoms with Gasteiger partial charge in [-0.3, -0.25) is 14.4 Å². The second-order valence-electron chi connectivity index (χ2n) is 3.00. The predicted molar refractivity (Wildman–Crippen MR) is 52.1 cm³/mol. The van der Waals surface area contributed by atoms with Crippen molar-refractivity contribution in [2.75, 3.05) is 13.2 Å². The molecular weight excluding hydrogens is 219 g/mol. The van der Waals surface area contributed by atoms with Crippen molar-refractivity contribution in [1.29, 1.82) is 0 Å². The number of pyridine rings is 1. The molecule has 2 N–H and O–H groups in total. The van der Waals surface area contributed by atoms with Crippen LogP contribution in [-0.2, 0) is 11.9 Å². The normalized spacial score (nSPS) is 10.2. The van der Waals surface area contributed by atoms with E-state index in [1.807, 2.05) is 5.48 Å². The number of aliphatic hydroxyl groups excluding tert-OH is 1.